The number of nitrogens with one attached hydrogen (secondary N) is 1. The van der Waals surface area contributed by atoms with E-state index in [0.29, 0.717) is 36.0 Å². The van der Waals surface area contributed by atoms with Crippen LogP contribution < -0.4 is 9.62 Å². The van der Waals surface area contributed by atoms with Crippen molar-refractivity contribution in [2.45, 2.75) is 63.2 Å². The van der Waals surface area contributed by atoms with Gasteiger partial charge in [-0.15, -0.1) is 0 Å². The number of benzene rings is 2. The molecule has 0 amide bonds. The molecule has 0 aromatic heterocycles. The Labute approximate surface area is 274 Å². The summed E-state index contributed by atoms with van der Waals surface area (Å²) in [6.45, 7) is 11.7. The quantitative estimate of drug-likeness (QED) is 0.108. The Bertz CT molecular complexity index is 1700. The molecule has 1 aliphatic rings. The van der Waals surface area contributed by atoms with Crippen LogP contribution in [0.2, 0.25) is 0 Å². The second kappa shape index (κ2) is 16.8. The van der Waals surface area contributed by atoms with Gasteiger partial charge in [-0.3, -0.25) is 9.35 Å². The minimum Gasteiger partial charge on any atom is -0.469 e. The standard InChI is InChI=1S/C34H45N3O7S2/c1-6-36(7-2)28-18-14-26(15-19-28)34(27-16-20-29(21-17-27)37(8-3)9-4)31-23-22-30(25-32(31)46(41,42)43)45(39,40)35-24-12-10-11-13-33(38)44-5/h14-23,25,35H,6-13,24H2,1-5H3/p+1. The average Bonchev–Trinajstić information content (AvgIpc) is 3.04. The van der Waals surface area contributed by atoms with Crippen LogP contribution in [0, 0.1) is 0 Å². The predicted molar refractivity (Wildman–Crippen MR) is 183 cm³/mol. The number of esters is 1. The monoisotopic (exact) mass is 672 g/mol. The highest BCUT2D eigenvalue weighted by molar-refractivity contribution is 7.89. The van der Waals surface area contributed by atoms with Crippen LogP contribution in [0.4, 0.5) is 5.69 Å². The molecule has 0 saturated carbocycles. The average molecular weight is 673 g/mol. The Morgan fingerprint density at radius 1 is 0.870 bits per heavy atom. The van der Waals surface area contributed by atoms with Crippen molar-refractivity contribution in [2.75, 3.05) is 44.7 Å². The third-order valence-electron chi connectivity index (χ3n) is 7.96. The van der Waals surface area contributed by atoms with Gasteiger partial charge in [0.25, 0.3) is 10.1 Å². The van der Waals surface area contributed by atoms with Crippen molar-refractivity contribution in [1.82, 2.24) is 4.72 Å². The Morgan fingerprint density at radius 3 is 2.04 bits per heavy atom. The van der Waals surface area contributed by atoms with Crippen molar-refractivity contribution in [3.63, 3.8) is 0 Å². The number of nitrogens with zero attached hydrogens (tertiary/aromatic N) is 2. The molecule has 0 unspecified atom stereocenters. The highest BCUT2D eigenvalue weighted by Crippen LogP contribution is 2.35. The molecule has 0 heterocycles. The summed E-state index contributed by atoms with van der Waals surface area (Å²) in [4.78, 5) is 12.7. The number of carbonyl (C=O) groups is 1. The van der Waals surface area contributed by atoms with E-state index in [1.807, 2.05) is 48.6 Å². The highest BCUT2D eigenvalue weighted by Gasteiger charge is 2.25. The van der Waals surface area contributed by atoms with Crippen molar-refractivity contribution in [2.24, 2.45) is 0 Å². The smallest absolute Gasteiger partial charge is 0.305 e. The van der Waals surface area contributed by atoms with E-state index in [1.165, 1.54) is 19.2 Å². The van der Waals surface area contributed by atoms with E-state index in [0.717, 1.165) is 43.6 Å². The van der Waals surface area contributed by atoms with Crippen LogP contribution in [0.1, 0.15) is 64.5 Å². The van der Waals surface area contributed by atoms with Gasteiger partial charge in [0.1, 0.15) is 18.0 Å². The normalized spacial score (nSPS) is 13.2. The van der Waals surface area contributed by atoms with Crippen molar-refractivity contribution >= 4 is 43.1 Å². The van der Waals surface area contributed by atoms with E-state index in [2.05, 4.69) is 46.6 Å². The lowest BCUT2D eigenvalue weighted by molar-refractivity contribution is -0.519. The number of anilines is 1. The summed E-state index contributed by atoms with van der Waals surface area (Å²) in [6, 6.07) is 11.5. The fraction of sp³-hybridized carbons (Fsp3) is 0.412. The summed E-state index contributed by atoms with van der Waals surface area (Å²) in [5.74, 6) is -0.325. The molecule has 0 radical (unpaired) electrons. The van der Waals surface area contributed by atoms with Gasteiger partial charge < -0.3 is 9.64 Å². The largest absolute Gasteiger partial charge is 0.469 e. The van der Waals surface area contributed by atoms with Crippen LogP contribution in [0.15, 0.2) is 82.1 Å². The van der Waals surface area contributed by atoms with Gasteiger partial charge >= 0.3 is 5.97 Å². The summed E-state index contributed by atoms with van der Waals surface area (Å²) in [5, 5.41) is 0. The number of sulfonamides is 1. The number of hydrogen-bond donors (Lipinski definition) is 2. The molecule has 0 aliphatic heterocycles. The molecular weight excluding hydrogens is 627 g/mol. The minimum atomic E-state index is -4.85. The van der Waals surface area contributed by atoms with Crippen molar-refractivity contribution in [3.8, 4) is 0 Å². The number of rotatable bonds is 16. The van der Waals surface area contributed by atoms with Gasteiger partial charge in [0.05, 0.1) is 12.0 Å². The van der Waals surface area contributed by atoms with Gasteiger partial charge in [-0.25, -0.2) is 17.7 Å². The lowest BCUT2D eigenvalue weighted by Crippen LogP contribution is -2.25. The van der Waals surface area contributed by atoms with Gasteiger partial charge in [-0.2, -0.15) is 8.42 Å². The van der Waals surface area contributed by atoms with Crippen LogP contribution in [-0.4, -0.2) is 77.5 Å². The highest BCUT2D eigenvalue weighted by atomic mass is 32.2. The Morgan fingerprint density at radius 2 is 1.50 bits per heavy atom. The number of unbranched alkanes of at least 4 members (excludes halogenated alkanes) is 2. The lowest BCUT2D eigenvalue weighted by Gasteiger charge is -2.22. The first-order chi connectivity index (χ1) is 21.9. The summed E-state index contributed by atoms with van der Waals surface area (Å²) < 4.78 is 71.7. The summed E-state index contributed by atoms with van der Waals surface area (Å²) >= 11 is 0. The zero-order chi connectivity index (χ0) is 33.9. The molecular formula is C34H46N3O7S2+. The molecule has 3 rings (SSSR count). The molecule has 2 aromatic rings. The van der Waals surface area contributed by atoms with Gasteiger partial charge in [-0.1, -0.05) is 24.6 Å². The van der Waals surface area contributed by atoms with Gasteiger partial charge in [-0.05, 0) is 93.7 Å². The maximum atomic E-state index is 13.2. The summed E-state index contributed by atoms with van der Waals surface area (Å²) in [7, 11) is -7.64. The molecule has 12 heteroatoms. The zero-order valence-electron chi connectivity index (χ0n) is 27.3. The van der Waals surface area contributed by atoms with Crippen molar-refractivity contribution in [1.29, 1.82) is 0 Å². The Hall–Kier alpha value is -3.58. The summed E-state index contributed by atoms with van der Waals surface area (Å²) in [6.07, 6.45) is 9.62. The fourth-order valence-corrected chi connectivity index (χ4v) is 7.28. The minimum absolute atomic E-state index is 0.0988. The lowest BCUT2D eigenvalue weighted by atomic mass is 9.90. The third kappa shape index (κ3) is 9.47. The summed E-state index contributed by atoms with van der Waals surface area (Å²) in [5.41, 5.74) is 4.15. The van der Waals surface area contributed by atoms with Crippen LogP contribution >= 0.6 is 0 Å². The Balaban J connectivity index is 2.09. The van der Waals surface area contributed by atoms with Gasteiger partial charge in [0.15, 0.2) is 5.71 Å². The molecule has 10 nitrogen and oxygen atoms in total. The number of carbonyl (C=O) groups excluding carboxylic acids is 1. The van der Waals surface area contributed by atoms with E-state index in [-0.39, 0.29) is 29.4 Å². The van der Waals surface area contributed by atoms with Crippen LogP contribution in [0.25, 0.3) is 5.57 Å². The molecule has 0 spiro atoms. The van der Waals surface area contributed by atoms with E-state index < -0.39 is 25.0 Å². The van der Waals surface area contributed by atoms with E-state index in [9.17, 15) is 26.2 Å². The van der Waals surface area contributed by atoms with Crippen LogP contribution in [0.3, 0.4) is 0 Å². The molecule has 0 atom stereocenters. The molecule has 2 N–H and O–H groups in total. The first-order valence-corrected chi connectivity index (χ1v) is 18.6. The fourth-order valence-electron chi connectivity index (χ4n) is 5.39. The predicted octanol–water partition coefficient (Wildman–Crippen LogP) is 5.21. The topological polar surface area (TPSA) is 133 Å². The third-order valence-corrected chi connectivity index (χ3v) is 10.3. The maximum absolute atomic E-state index is 13.2. The van der Waals surface area contributed by atoms with Crippen LogP contribution in [-0.2, 0) is 29.7 Å². The van der Waals surface area contributed by atoms with E-state index in [4.69, 9.17) is 0 Å². The van der Waals surface area contributed by atoms with E-state index >= 15 is 0 Å². The molecule has 1 aliphatic carbocycles. The molecule has 0 bridgehead atoms. The van der Waals surface area contributed by atoms with E-state index in [1.54, 1.807) is 0 Å². The molecule has 0 fully saturated rings. The molecule has 0 saturated heterocycles. The van der Waals surface area contributed by atoms with Crippen molar-refractivity contribution in [3.05, 3.63) is 83.5 Å². The van der Waals surface area contributed by atoms with Gasteiger partial charge in [0.2, 0.25) is 10.0 Å². The number of hydrogen-bond acceptors (Lipinski definition) is 7. The van der Waals surface area contributed by atoms with Gasteiger partial charge in [0, 0.05) is 49.5 Å². The Kier molecular flexibility index (Phi) is 13.5. The molecule has 46 heavy (non-hydrogen) atoms. The maximum Gasteiger partial charge on any atom is 0.305 e. The van der Waals surface area contributed by atoms with Crippen molar-refractivity contribution < 1.29 is 35.5 Å². The van der Waals surface area contributed by atoms with Crippen LogP contribution in [0.5, 0.6) is 0 Å². The zero-order valence-corrected chi connectivity index (χ0v) is 29.0. The first kappa shape index (κ1) is 36.9. The second-order valence-electron chi connectivity index (χ2n) is 10.7. The SMILES string of the molecule is CCN(CC)c1ccc(C(=C2C=CC(=[N+](CC)CC)C=C2)c2ccc(S(=O)(=O)NCCCCCC(=O)OC)cc2S(=O)(=O)O)cc1. The second-order valence-corrected chi connectivity index (χ2v) is 13.9. The number of ether oxygens (including phenoxy) is 1. The number of allylic oxidation sites excluding steroid dienone is 5. The molecule has 2 aromatic carbocycles. The number of methoxy groups -OCH3 is 1. The first-order valence-electron chi connectivity index (χ1n) is 15.7. The molecule has 250 valence electrons.